The maximum atomic E-state index is 12.7. The van der Waals surface area contributed by atoms with Crippen LogP contribution < -0.4 is 11.1 Å². The monoisotopic (exact) mass is 372 g/mol. The first-order valence-corrected chi connectivity index (χ1v) is 8.42. The fraction of sp³-hybridized carbons (Fsp3) is 0.562. The van der Waals surface area contributed by atoms with Crippen LogP contribution in [0.2, 0.25) is 5.02 Å². The first-order chi connectivity index (χ1) is 9.75. The number of carbonyl (C=O) groups is 1. The first kappa shape index (κ1) is 16.8. The van der Waals surface area contributed by atoms with Crippen molar-refractivity contribution in [3.63, 3.8) is 0 Å². The van der Waals surface area contributed by atoms with Crippen LogP contribution in [-0.4, -0.2) is 11.9 Å². The lowest BCUT2D eigenvalue weighted by Crippen LogP contribution is -2.50. The molecule has 1 aromatic carbocycles. The number of rotatable bonds is 2. The van der Waals surface area contributed by atoms with Gasteiger partial charge in [-0.15, -0.1) is 0 Å². The molecule has 0 heterocycles. The van der Waals surface area contributed by atoms with Crippen molar-refractivity contribution in [3.05, 3.63) is 27.7 Å². The smallest absolute Gasteiger partial charge is 0.228 e. The summed E-state index contributed by atoms with van der Waals surface area (Å²) in [5.41, 5.74) is 6.75. The molecule has 5 heteroatoms. The average Bonchev–Trinajstić information content (AvgIpc) is 2.41. The summed E-state index contributed by atoms with van der Waals surface area (Å²) in [6, 6.07) is 5.63. The lowest BCUT2D eigenvalue weighted by molar-refractivity contribution is -0.127. The predicted molar refractivity (Wildman–Crippen MR) is 91.4 cm³/mol. The number of nitrogens with one attached hydrogen (secondary N) is 1. The van der Waals surface area contributed by atoms with Crippen molar-refractivity contribution in [2.75, 3.05) is 5.32 Å². The Morgan fingerprint density at radius 1 is 1.43 bits per heavy atom. The molecule has 0 aromatic heterocycles. The molecule has 2 rings (SSSR count). The zero-order valence-corrected chi connectivity index (χ0v) is 15.0. The molecule has 3 atom stereocenters. The Kier molecular flexibility index (Phi) is 5.01. The Bertz CT molecular complexity index is 547. The van der Waals surface area contributed by atoms with Crippen molar-refractivity contribution < 1.29 is 4.79 Å². The van der Waals surface area contributed by atoms with Gasteiger partial charge in [0.2, 0.25) is 5.91 Å². The number of carbonyl (C=O) groups excluding carboxylic acids is 1. The summed E-state index contributed by atoms with van der Waals surface area (Å²) in [6.45, 7) is 6.40. The van der Waals surface area contributed by atoms with Gasteiger partial charge in [0.25, 0.3) is 0 Å². The molecule has 0 bridgehead atoms. The van der Waals surface area contributed by atoms with E-state index in [-0.39, 0.29) is 23.3 Å². The SMILES string of the molecule is CC1C(N)CCC(C(=O)Nc2cccc(Cl)c2Br)C1(C)C. The standard InChI is InChI=1S/C16H22BrClN2O/c1-9-12(19)8-7-10(16(9,2)3)15(21)20-13-6-4-5-11(18)14(13)17/h4-6,9-10,12H,7-8,19H2,1-3H3,(H,20,21). The van der Waals surface area contributed by atoms with Crippen LogP contribution in [0, 0.1) is 17.3 Å². The van der Waals surface area contributed by atoms with Crippen molar-refractivity contribution in [1.29, 1.82) is 0 Å². The van der Waals surface area contributed by atoms with Crippen LogP contribution in [0.4, 0.5) is 5.69 Å². The van der Waals surface area contributed by atoms with Crippen LogP contribution in [0.3, 0.4) is 0 Å². The molecule has 3 N–H and O–H groups in total. The van der Waals surface area contributed by atoms with Gasteiger partial charge in [-0.25, -0.2) is 0 Å². The van der Waals surface area contributed by atoms with Crippen molar-refractivity contribution in [2.24, 2.45) is 23.0 Å². The van der Waals surface area contributed by atoms with Gasteiger partial charge < -0.3 is 11.1 Å². The summed E-state index contributed by atoms with van der Waals surface area (Å²) in [7, 11) is 0. The van der Waals surface area contributed by atoms with E-state index in [1.807, 2.05) is 12.1 Å². The summed E-state index contributed by atoms with van der Waals surface area (Å²) >= 11 is 9.48. The second kappa shape index (κ2) is 6.27. The van der Waals surface area contributed by atoms with E-state index >= 15 is 0 Å². The van der Waals surface area contributed by atoms with E-state index in [0.29, 0.717) is 16.6 Å². The summed E-state index contributed by atoms with van der Waals surface area (Å²) in [5.74, 6) is 0.310. The molecule has 0 saturated heterocycles. The Labute approximate surface area is 139 Å². The lowest BCUT2D eigenvalue weighted by Gasteiger charge is -2.46. The summed E-state index contributed by atoms with van der Waals surface area (Å²) < 4.78 is 0.721. The highest BCUT2D eigenvalue weighted by Gasteiger charge is 2.45. The van der Waals surface area contributed by atoms with Crippen LogP contribution in [0.5, 0.6) is 0 Å². The number of hydrogen-bond acceptors (Lipinski definition) is 2. The zero-order valence-electron chi connectivity index (χ0n) is 12.6. The number of anilines is 1. The molecule has 1 fully saturated rings. The number of nitrogens with two attached hydrogens (primary N) is 1. The molecule has 0 aliphatic heterocycles. The maximum Gasteiger partial charge on any atom is 0.228 e. The Morgan fingerprint density at radius 3 is 2.76 bits per heavy atom. The Balaban J connectivity index is 2.18. The molecular formula is C16H22BrClN2O. The van der Waals surface area contributed by atoms with E-state index in [9.17, 15) is 4.79 Å². The second-order valence-electron chi connectivity index (χ2n) is 6.49. The van der Waals surface area contributed by atoms with Gasteiger partial charge in [-0.1, -0.05) is 38.4 Å². The first-order valence-electron chi connectivity index (χ1n) is 7.25. The van der Waals surface area contributed by atoms with E-state index in [1.165, 1.54) is 0 Å². The molecule has 0 spiro atoms. The third-order valence-corrected chi connectivity index (χ3v) is 6.43. The van der Waals surface area contributed by atoms with Gasteiger partial charge in [-0.2, -0.15) is 0 Å². The van der Waals surface area contributed by atoms with E-state index in [1.54, 1.807) is 6.07 Å². The fourth-order valence-corrected chi connectivity index (χ4v) is 3.68. The average molecular weight is 374 g/mol. The maximum absolute atomic E-state index is 12.7. The van der Waals surface area contributed by atoms with Gasteiger partial charge in [-0.05, 0) is 52.2 Å². The van der Waals surface area contributed by atoms with Gasteiger partial charge in [0.1, 0.15) is 0 Å². The summed E-state index contributed by atoms with van der Waals surface area (Å²) in [6.07, 6.45) is 1.71. The third kappa shape index (κ3) is 3.27. The third-order valence-electron chi connectivity index (χ3n) is 5.03. The van der Waals surface area contributed by atoms with Crippen molar-refractivity contribution in [2.45, 2.75) is 39.7 Å². The molecule has 1 aliphatic carbocycles. The molecule has 21 heavy (non-hydrogen) atoms. The Hall–Kier alpha value is -0.580. The number of halogens is 2. The highest BCUT2D eigenvalue weighted by molar-refractivity contribution is 9.10. The fourth-order valence-electron chi connectivity index (χ4n) is 3.14. The molecule has 3 nitrogen and oxygen atoms in total. The van der Waals surface area contributed by atoms with Gasteiger partial charge >= 0.3 is 0 Å². The summed E-state index contributed by atoms with van der Waals surface area (Å²) in [4.78, 5) is 12.7. The van der Waals surface area contributed by atoms with Crippen LogP contribution in [0.15, 0.2) is 22.7 Å². The highest BCUT2D eigenvalue weighted by atomic mass is 79.9. The molecule has 1 amide bonds. The second-order valence-corrected chi connectivity index (χ2v) is 7.69. The van der Waals surface area contributed by atoms with Crippen molar-refractivity contribution in [3.8, 4) is 0 Å². The van der Waals surface area contributed by atoms with Crippen LogP contribution in [0.1, 0.15) is 33.6 Å². The molecule has 116 valence electrons. The van der Waals surface area contributed by atoms with E-state index in [0.717, 1.165) is 17.3 Å². The lowest BCUT2D eigenvalue weighted by atomic mass is 9.61. The van der Waals surface area contributed by atoms with Crippen molar-refractivity contribution >= 4 is 39.1 Å². The highest BCUT2D eigenvalue weighted by Crippen LogP contribution is 2.45. The number of benzene rings is 1. The van der Waals surface area contributed by atoms with E-state index < -0.39 is 0 Å². The van der Waals surface area contributed by atoms with Crippen molar-refractivity contribution in [1.82, 2.24) is 0 Å². The van der Waals surface area contributed by atoms with Gasteiger partial charge in [-0.3, -0.25) is 4.79 Å². The van der Waals surface area contributed by atoms with Crippen LogP contribution in [0.25, 0.3) is 0 Å². The minimum atomic E-state index is -0.118. The van der Waals surface area contributed by atoms with Crippen LogP contribution in [-0.2, 0) is 4.79 Å². The van der Waals surface area contributed by atoms with Gasteiger partial charge in [0.15, 0.2) is 0 Å². The molecule has 1 aromatic rings. The molecule has 1 saturated carbocycles. The summed E-state index contributed by atoms with van der Waals surface area (Å²) in [5, 5.41) is 3.59. The minimum absolute atomic E-state index is 0.0433. The molecule has 0 radical (unpaired) electrons. The molecular weight excluding hydrogens is 352 g/mol. The van der Waals surface area contributed by atoms with Gasteiger partial charge in [0.05, 0.1) is 15.2 Å². The predicted octanol–water partition coefficient (Wildman–Crippen LogP) is 4.44. The van der Waals surface area contributed by atoms with E-state index in [4.69, 9.17) is 17.3 Å². The Morgan fingerprint density at radius 2 is 2.10 bits per heavy atom. The molecule has 3 unspecified atom stereocenters. The number of amides is 1. The topological polar surface area (TPSA) is 55.1 Å². The largest absolute Gasteiger partial charge is 0.327 e. The molecule has 1 aliphatic rings. The normalized spacial score (nSPS) is 28.2. The van der Waals surface area contributed by atoms with E-state index in [2.05, 4.69) is 42.0 Å². The quantitative estimate of drug-likeness (QED) is 0.805. The minimum Gasteiger partial charge on any atom is -0.327 e. The number of hydrogen-bond donors (Lipinski definition) is 2. The zero-order chi connectivity index (χ0) is 15.8. The van der Waals surface area contributed by atoms with Gasteiger partial charge in [0, 0.05) is 12.0 Å². The van der Waals surface area contributed by atoms with Crippen LogP contribution >= 0.6 is 27.5 Å².